The van der Waals surface area contributed by atoms with Crippen LogP contribution in [0, 0.1) is 29.2 Å². The summed E-state index contributed by atoms with van der Waals surface area (Å²) in [4.78, 5) is 0. The molecule has 0 spiro atoms. The molecule has 200 valence electrons. The molecule has 0 aliphatic carbocycles. The van der Waals surface area contributed by atoms with E-state index in [-0.39, 0.29) is 30.5 Å². The first-order chi connectivity index (χ1) is 17.9. The molecule has 0 N–H and O–H groups in total. The zero-order valence-electron chi connectivity index (χ0n) is 21.5. The van der Waals surface area contributed by atoms with Crippen molar-refractivity contribution in [2.75, 3.05) is 13.2 Å². The maximum Gasteiger partial charge on any atom is 0.194 e. The van der Waals surface area contributed by atoms with Crippen molar-refractivity contribution in [2.45, 2.75) is 77.4 Å². The van der Waals surface area contributed by atoms with Crippen LogP contribution in [0.15, 0.2) is 42.5 Å². The largest absolute Gasteiger partial charge is 0.352 e. The topological polar surface area (TPSA) is 18.5 Å². The smallest absolute Gasteiger partial charge is 0.194 e. The van der Waals surface area contributed by atoms with Crippen molar-refractivity contribution < 1.29 is 27.0 Å². The third-order valence-electron chi connectivity index (χ3n) is 7.25. The van der Waals surface area contributed by atoms with Gasteiger partial charge in [0.2, 0.25) is 0 Å². The Morgan fingerprint density at radius 1 is 0.703 bits per heavy atom. The van der Waals surface area contributed by atoms with Crippen LogP contribution in [-0.2, 0) is 28.7 Å². The van der Waals surface area contributed by atoms with E-state index >= 15 is 4.39 Å². The van der Waals surface area contributed by atoms with Crippen molar-refractivity contribution in [1.82, 2.24) is 0 Å². The molecule has 2 nitrogen and oxygen atoms in total. The van der Waals surface area contributed by atoms with Gasteiger partial charge in [0.25, 0.3) is 0 Å². The lowest BCUT2D eigenvalue weighted by Gasteiger charge is -2.29. The van der Waals surface area contributed by atoms with E-state index in [1.54, 1.807) is 12.1 Å². The minimum atomic E-state index is -1.49. The molecule has 37 heavy (non-hydrogen) atoms. The molecule has 1 aliphatic heterocycles. The second-order valence-electron chi connectivity index (χ2n) is 10.2. The van der Waals surface area contributed by atoms with Crippen LogP contribution in [0.3, 0.4) is 0 Å². The van der Waals surface area contributed by atoms with Crippen LogP contribution in [0.1, 0.15) is 68.6 Å². The Bertz CT molecular complexity index is 1150. The van der Waals surface area contributed by atoms with Crippen LogP contribution in [0.4, 0.5) is 17.6 Å². The Labute approximate surface area is 217 Å². The molecule has 1 fully saturated rings. The van der Waals surface area contributed by atoms with E-state index in [9.17, 15) is 13.2 Å². The summed E-state index contributed by atoms with van der Waals surface area (Å²) in [6.07, 6.45) is 9.34. The van der Waals surface area contributed by atoms with Gasteiger partial charge in [-0.15, -0.1) is 0 Å². The molecule has 0 atom stereocenters. The lowest BCUT2D eigenvalue weighted by atomic mass is 9.98. The number of unbranched alkanes of at least 4 members (excludes halogenated alkanes) is 4. The van der Waals surface area contributed by atoms with Crippen molar-refractivity contribution in [3.05, 3.63) is 82.4 Å². The molecular formula is C31H36F4O2. The first-order valence-electron chi connectivity index (χ1n) is 13.5. The maximum atomic E-state index is 15.1. The zero-order chi connectivity index (χ0) is 26.2. The molecule has 0 amide bonds. The summed E-state index contributed by atoms with van der Waals surface area (Å²) in [5.74, 6) is -3.81. The van der Waals surface area contributed by atoms with E-state index in [2.05, 4.69) is 6.92 Å². The van der Waals surface area contributed by atoms with Gasteiger partial charge in [0.15, 0.2) is 23.7 Å². The normalized spacial score (nSPS) is 18.0. The predicted molar refractivity (Wildman–Crippen MR) is 139 cm³/mol. The first kappa shape index (κ1) is 27.6. The van der Waals surface area contributed by atoms with Gasteiger partial charge in [-0.1, -0.05) is 69.4 Å². The fraction of sp³-hybridized carbons (Fsp3) is 0.484. The molecule has 1 heterocycles. The number of hydrogen-bond donors (Lipinski definition) is 0. The fourth-order valence-electron chi connectivity index (χ4n) is 5.00. The highest BCUT2D eigenvalue weighted by atomic mass is 19.2. The maximum absolute atomic E-state index is 15.1. The molecule has 0 unspecified atom stereocenters. The minimum Gasteiger partial charge on any atom is -0.352 e. The summed E-state index contributed by atoms with van der Waals surface area (Å²) in [5.41, 5.74) is 1.83. The van der Waals surface area contributed by atoms with Crippen molar-refractivity contribution in [3.8, 4) is 0 Å². The summed E-state index contributed by atoms with van der Waals surface area (Å²) in [6, 6.07) is 11.2. The Kier molecular flexibility index (Phi) is 9.98. The summed E-state index contributed by atoms with van der Waals surface area (Å²) in [6.45, 7) is 3.73. The van der Waals surface area contributed by atoms with Gasteiger partial charge in [0, 0.05) is 17.7 Å². The van der Waals surface area contributed by atoms with Crippen molar-refractivity contribution >= 4 is 10.8 Å². The second kappa shape index (κ2) is 13.4. The van der Waals surface area contributed by atoms with Gasteiger partial charge in [0.05, 0.1) is 13.2 Å². The van der Waals surface area contributed by atoms with Crippen molar-refractivity contribution in [2.24, 2.45) is 5.92 Å². The minimum absolute atomic E-state index is 0.202. The average molecular weight is 517 g/mol. The van der Waals surface area contributed by atoms with E-state index in [0.29, 0.717) is 16.9 Å². The number of halogens is 4. The molecular weight excluding hydrogens is 480 g/mol. The highest BCUT2D eigenvalue weighted by molar-refractivity contribution is 5.84. The molecule has 3 aromatic rings. The lowest BCUT2D eigenvalue weighted by molar-refractivity contribution is -0.203. The number of ether oxygens (including phenoxy) is 2. The van der Waals surface area contributed by atoms with Gasteiger partial charge in [-0.25, -0.2) is 17.6 Å². The van der Waals surface area contributed by atoms with Gasteiger partial charge in [0.1, 0.15) is 5.82 Å². The number of rotatable bonds is 12. The van der Waals surface area contributed by atoms with Crippen LogP contribution >= 0.6 is 0 Å². The second-order valence-corrected chi connectivity index (χ2v) is 10.2. The summed E-state index contributed by atoms with van der Waals surface area (Å²) >= 11 is 0. The Morgan fingerprint density at radius 3 is 2.16 bits per heavy atom. The predicted octanol–water partition coefficient (Wildman–Crippen LogP) is 8.46. The van der Waals surface area contributed by atoms with Crippen LogP contribution < -0.4 is 0 Å². The molecule has 0 radical (unpaired) electrons. The van der Waals surface area contributed by atoms with E-state index in [4.69, 9.17) is 9.47 Å². The van der Waals surface area contributed by atoms with E-state index in [1.165, 1.54) is 32.1 Å². The van der Waals surface area contributed by atoms with Crippen LogP contribution in [0.5, 0.6) is 0 Å². The molecule has 4 rings (SSSR count). The highest BCUT2D eigenvalue weighted by Crippen LogP contribution is 2.26. The highest BCUT2D eigenvalue weighted by Gasteiger charge is 2.22. The van der Waals surface area contributed by atoms with Crippen LogP contribution in [0.2, 0.25) is 0 Å². The summed E-state index contributed by atoms with van der Waals surface area (Å²) in [7, 11) is 0. The quantitative estimate of drug-likeness (QED) is 0.137. The van der Waals surface area contributed by atoms with Gasteiger partial charge in [-0.3, -0.25) is 0 Å². The third-order valence-corrected chi connectivity index (χ3v) is 7.25. The zero-order valence-corrected chi connectivity index (χ0v) is 21.5. The fourth-order valence-corrected chi connectivity index (χ4v) is 5.00. The van der Waals surface area contributed by atoms with Crippen LogP contribution in [0.25, 0.3) is 10.8 Å². The lowest BCUT2D eigenvalue weighted by Crippen LogP contribution is -2.32. The molecule has 6 heteroatoms. The monoisotopic (exact) mass is 516 g/mol. The molecule has 0 bridgehead atoms. The van der Waals surface area contributed by atoms with Gasteiger partial charge in [-0.2, -0.15) is 0 Å². The van der Waals surface area contributed by atoms with Gasteiger partial charge in [-0.05, 0) is 59.9 Å². The Balaban J connectivity index is 1.27. The number of benzene rings is 3. The molecule has 1 aliphatic rings. The number of fused-ring (bicyclic) bond motifs is 1. The SMILES string of the molecule is CCCCCCCC1COC(CCc2ccc3c(F)c(CCc4cc(F)c(F)c(F)c4)ccc3c2)OC1. The molecule has 0 saturated carbocycles. The summed E-state index contributed by atoms with van der Waals surface area (Å²) < 4.78 is 67.1. The van der Waals surface area contributed by atoms with E-state index in [1.807, 2.05) is 18.2 Å². The first-order valence-corrected chi connectivity index (χ1v) is 13.5. The standard InChI is InChI=1S/C31H36F4O2/c1-2-3-4-5-6-7-23-19-36-29(37-20-23)15-10-21-9-14-26-25(16-21)13-12-24(30(26)34)11-8-22-17-27(32)31(35)28(33)18-22/h9,12-14,16-18,23,29H,2-8,10-11,15,19-20H2,1H3. The van der Waals surface area contributed by atoms with Crippen molar-refractivity contribution in [1.29, 1.82) is 0 Å². The van der Waals surface area contributed by atoms with E-state index < -0.39 is 17.5 Å². The molecule has 1 saturated heterocycles. The van der Waals surface area contributed by atoms with Gasteiger partial charge >= 0.3 is 0 Å². The van der Waals surface area contributed by atoms with Crippen molar-refractivity contribution in [3.63, 3.8) is 0 Å². The number of aryl methyl sites for hydroxylation is 3. The Hall–Kier alpha value is -2.44. The number of hydrogen-bond acceptors (Lipinski definition) is 2. The Morgan fingerprint density at radius 2 is 1.43 bits per heavy atom. The van der Waals surface area contributed by atoms with E-state index in [0.717, 1.165) is 55.6 Å². The average Bonchev–Trinajstić information content (AvgIpc) is 2.90. The third kappa shape index (κ3) is 7.55. The molecule has 0 aromatic heterocycles. The molecule has 3 aromatic carbocycles. The van der Waals surface area contributed by atoms with Crippen LogP contribution in [-0.4, -0.2) is 19.5 Å². The summed E-state index contributed by atoms with van der Waals surface area (Å²) in [5, 5.41) is 1.30. The van der Waals surface area contributed by atoms with Gasteiger partial charge < -0.3 is 9.47 Å².